The Bertz CT molecular complexity index is 865. The number of aromatic nitrogens is 2. The molecular weight excluding hydrogens is 324 g/mol. The highest BCUT2D eigenvalue weighted by atomic mass is 32.1. The normalized spacial score (nSPS) is 20.1. The number of esters is 1. The van der Waals surface area contributed by atoms with Gasteiger partial charge in [-0.1, -0.05) is 12.2 Å². The van der Waals surface area contributed by atoms with Gasteiger partial charge in [-0.05, 0) is 44.9 Å². The SMILES string of the molecule is O=C(OCc1cc(=O)n2c3c(sc2n1)CCCC3)[C@H]1CC=CCC1. The van der Waals surface area contributed by atoms with Gasteiger partial charge in [-0.2, -0.15) is 0 Å². The van der Waals surface area contributed by atoms with Crippen molar-refractivity contribution in [1.82, 2.24) is 9.38 Å². The molecule has 0 unspecified atom stereocenters. The van der Waals surface area contributed by atoms with Crippen LogP contribution in [0.15, 0.2) is 23.0 Å². The fourth-order valence-electron chi connectivity index (χ4n) is 3.49. The summed E-state index contributed by atoms with van der Waals surface area (Å²) in [5, 5.41) is 0. The molecule has 126 valence electrons. The number of allylic oxidation sites excluding steroid dienone is 2. The van der Waals surface area contributed by atoms with E-state index in [1.54, 1.807) is 15.7 Å². The van der Waals surface area contributed by atoms with Gasteiger partial charge in [0.1, 0.15) is 6.61 Å². The number of rotatable bonds is 3. The molecule has 2 aliphatic carbocycles. The number of fused-ring (bicyclic) bond motifs is 3. The third kappa shape index (κ3) is 2.90. The molecule has 2 aromatic rings. The van der Waals surface area contributed by atoms with Crippen molar-refractivity contribution in [1.29, 1.82) is 0 Å². The maximum absolute atomic E-state index is 12.5. The number of aryl methyl sites for hydroxylation is 2. The van der Waals surface area contributed by atoms with Gasteiger partial charge in [0.25, 0.3) is 5.56 Å². The number of carbonyl (C=O) groups excluding carboxylic acids is 1. The average Bonchev–Trinajstić information content (AvgIpc) is 2.99. The van der Waals surface area contributed by atoms with Crippen molar-refractivity contribution in [2.24, 2.45) is 5.92 Å². The van der Waals surface area contributed by atoms with Crippen LogP contribution in [-0.2, 0) is 29.0 Å². The lowest BCUT2D eigenvalue weighted by atomic mass is 9.95. The molecule has 2 aliphatic rings. The van der Waals surface area contributed by atoms with Gasteiger partial charge in [0.2, 0.25) is 0 Å². The van der Waals surface area contributed by atoms with Crippen LogP contribution in [0.1, 0.15) is 48.4 Å². The van der Waals surface area contributed by atoms with Crippen LogP contribution in [0.3, 0.4) is 0 Å². The van der Waals surface area contributed by atoms with E-state index in [-0.39, 0.29) is 24.1 Å². The second-order valence-electron chi connectivity index (χ2n) is 6.47. The molecule has 4 rings (SSSR count). The molecule has 2 heterocycles. The highest BCUT2D eigenvalue weighted by Gasteiger charge is 2.21. The Morgan fingerprint density at radius 1 is 1.33 bits per heavy atom. The second-order valence-corrected chi connectivity index (χ2v) is 7.53. The molecule has 6 heteroatoms. The minimum atomic E-state index is -0.188. The lowest BCUT2D eigenvalue weighted by Gasteiger charge is -2.16. The smallest absolute Gasteiger partial charge is 0.309 e. The number of hydrogen-bond donors (Lipinski definition) is 0. The number of hydrogen-bond acceptors (Lipinski definition) is 5. The highest BCUT2D eigenvalue weighted by molar-refractivity contribution is 7.17. The molecule has 24 heavy (non-hydrogen) atoms. The molecule has 0 N–H and O–H groups in total. The average molecular weight is 344 g/mol. The number of nitrogens with zero attached hydrogens (tertiary/aromatic N) is 2. The van der Waals surface area contributed by atoms with Crippen LogP contribution >= 0.6 is 11.3 Å². The zero-order valence-electron chi connectivity index (χ0n) is 13.5. The van der Waals surface area contributed by atoms with Crippen LogP contribution < -0.4 is 5.56 Å². The summed E-state index contributed by atoms with van der Waals surface area (Å²) in [5.41, 5.74) is 1.60. The van der Waals surface area contributed by atoms with Gasteiger partial charge in [-0.3, -0.25) is 14.0 Å². The van der Waals surface area contributed by atoms with Crippen molar-refractivity contribution in [2.75, 3.05) is 0 Å². The Morgan fingerprint density at radius 2 is 2.21 bits per heavy atom. The second kappa shape index (κ2) is 6.51. The Balaban J connectivity index is 1.53. The Labute approximate surface area is 144 Å². The van der Waals surface area contributed by atoms with Crippen LogP contribution in [0, 0.1) is 5.92 Å². The van der Waals surface area contributed by atoms with Crippen LogP contribution in [0.25, 0.3) is 4.96 Å². The molecule has 0 saturated heterocycles. The summed E-state index contributed by atoms with van der Waals surface area (Å²) >= 11 is 1.59. The van der Waals surface area contributed by atoms with Crippen LogP contribution in [0.4, 0.5) is 0 Å². The van der Waals surface area contributed by atoms with E-state index >= 15 is 0 Å². The largest absolute Gasteiger partial charge is 0.459 e. The zero-order chi connectivity index (χ0) is 16.5. The summed E-state index contributed by atoms with van der Waals surface area (Å²) < 4.78 is 7.13. The van der Waals surface area contributed by atoms with E-state index in [4.69, 9.17) is 4.74 Å². The van der Waals surface area contributed by atoms with E-state index in [0.717, 1.165) is 49.2 Å². The van der Waals surface area contributed by atoms with Crippen LogP contribution in [0.2, 0.25) is 0 Å². The first-order valence-corrected chi connectivity index (χ1v) is 9.39. The third-order valence-corrected chi connectivity index (χ3v) is 5.92. The van der Waals surface area contributed by atoms with Gasteiger partial charge in [-0.25, -0.2) is 4.98 Å². The quantitative estimate of drug-likeness (QED) is 0.634. The van der Waals surface area contributed by atoms with Crippen molar-refractivity contribution in [3.8, 4) is 0 Å². The zero-order valence-corrected chi connectivity index (χ0v) is 14.3. The summed E-state index contributed by atoms with van der Waals surface area (Å²) in [7, 11) is 0. The van der Waals surface area contributed by atoms with Crippen molar-refractivity contribution in [3.05, 3.63) is 44.8 Å². The van der Waals surface area contributed by atoms with E-state index < -0.39 is 0 Å². The predicted molar refractivity (Wildman–Crippen MR) is 92.3 cm³/mol. The molecule has 1 atom stereocenters. The lowest BCUT2D eigenvalue weighted by Crippen LogP contribution is -2.21. The molecular formula is C18H20N2O3S. The van der Waals surface area contributed by atoms with Crippen molar-refractivity contribution in [2.45, 2.75) is 51.6 Å². The predicted octanol–water partition coefficient (Wildman–Crippen LogP) is 3.03. The van der Waals surface area contributed by atoms with E-state index in [1.807, 2.05) is 6.08 Å². The van der Waals surface area contributed by atoms with Crippen molar-refractivity contribution < 1.29 is 9.53 Å². The van der Waals surface area contributed by atoms with Crippen molar-refractivity contribution >= 4 is 22.3 Å². The first-order chi connectivity index (χ1) is 11.7. The van der Waals surface area contributed by atoms with E-state index in [0.29, 0.717) is 5.69 Å². The van der Waals surface area contributed by atoms with Gasteiger partial charge in [0, 0.05) is 16.6 Å². The maximum Gasteiger partial charge on any atom is 0.309 e. The Kier molecular flexibility index (Phi) is 4.22. The van der Waals surface area contributed by atoms with Crippen molar-refractivity contribution in [3.63, 3.8) is 0 Å². The van der Waals surface area contributed by atoms with Crippen LogP contribution in [0.5, 0.6) is 0 Å². The molecule has 0 fully saturated rings. The molecule has 0 spiro atoms. The molecule has 0 saturated carbocycles. The summed E-state index contributed by atoms with van der Waals surface area (Å²) in [6.07, 6.45) is 10.9. The third-order valence-electron chi connectivity index (χ3n) is 4.78. The Hall–Kier alpha value is -1.95. The molecule has 0 bridgehead atoms. The Morgan fingerprint density at radius 3 is 3.04 bits per heavy atom. The minimum Gasteiger partial charge on any atom is -0.459 e. The minimum absolute atomic E-state index is 0.0612. The number of carbonyl (C=O) groups is 1. The first-order valence-electron chi connectivity index (χ1n) is 8.57. The molecule has 2 aromatic heterocycles. The summed E-state index contributed by atoms with van der Waals surface area (Å²) in [5.74, 6) is -0.249. The van der Waals surface area contributed by atoms with Gasteiger partial charge < -0.3 is 4.74 Å². The van der Waals surface area contributed by atoms with E-state index in [2.05, 4.69) is 11.1 Å². The molecule has 0 aromatic carbocycles. The summed E-state index contributed by atoms with van der Waals surface area (Å²) in [4.78, 5) is 31.1. The van der Waals surface area contributed by atoms with Crippen LogP contribution in [-0.4, -0.2) is 15.4 Å². The van der Waals surface area contributed by atoms with E-state index in [9.17, 15) is 9.59 Å². The lowest BCUT2D eigenvalue weighted by molar-refractivity contribution is -0.150. The summed E-state index contributed by atoms with van der Waals surface area (Å²) in [6, 6.07) is 1.50. The number of thiazole rings is 1. The molecule has 0 aliphatic heterocycles. The number of ether oxygens (including phenoxy) is 1. The highest BCUT2D eigenvalue weighted by Crippen LogP contribution is 2.28. The fraction of sp³-hybridized carbons (Fsp3) is 0.500. The van der Waals surface area contributed by atoms with Gasteiger partial charge in [-0.15, -0.1) is 11.3 Å². The fourth-order valence-corrected chi connectivity index (χ4v) is 4.72. The van der Waals surface area contributed by atoms with Gasteiger partial charge in [0.15, 0.2) is 4.96 Å². The van der Waals surface area contributed by atoms with Gasteiger partial charge in [0.05, 0.1) is 11.6 Å². The monoisotopic (exact) mass is 344 g/mol. The molecule has 5 nitrogen and oxygen atoms in total. The molecule has 0 radical (unpaired) electrons. The molecule has 0 amide bonds. The van der Waals surface area contributed by atoms with E-state index in [1.165, 1.54) is 17.4 Å². The standard InChI is InChI=1S/C18H20N2O3S/c21-16-10-13(11-23-17(22)12-6-2-1-3-7-12)19-18-20(16)14-8-4-5-9-15(14)24-18/h1-2,10,12H,3-9,11H2/t12-/m0/s1. The topological polar surface area (TPSA) is 60.7 Å². The first kappa shape index (κ1) is 15.6. The summed E-state index contributed by atoms with van der Waals surface area (Å²) in [6.45, 7) is 0.0767. The maximum atomic E-state index is 12.5. The van der Waals surface area contributed by atoms with Gasteiger partial charge >= 0.3 is 5.97 Å².